The molecule has 4 heteroatoms. The van der Waals surface area contributed by atoms with Gasteiger partial charge in [0, 0.05) is 5.56 Å². The lowest BCUT2D eigenvalue weighted by atomic mass is 9.71. The SMILES string of the molecule is CCOC(=O)C(C)(C)C(C)(O)c1ccccc1OC. The molecule has 4 nitrogen and oxygen atoms in total. The fourth-order valence-electron chi connectivity index (χ4n) is 1.89. The van der Waals surface area contributed by atoms with Crippen LogP contribution in [0, 0.1) is 5.41 Å². The first-order valence-corrected chi connectivity index (χ1v) is 6.32. The minimum atomic E-state index is -1.40. The van der Waals surface area contributed by atoms with Crippen molar-refractivity contribution in [2.24, 2.45) is 5.41 Å². The van der Waals surface area contributed by atoms with Gasteiger partial charge in [0.1, 0.15) is 11.4 Å². The summed E-state index contributed by atoms with van der Waals surface area (Å²) in [5.74, 6) is 0.107. The molecule has 0 aliphatic rings. The monoisotopic (exact) mass is 266 g/mol. The Kier molecular flexibility index (Phi) is 4.58. The van der Waals surface area contributed by atoms with E-state index in [9.17, 15) is 9.90 Å². The number of hydrogen-bond donors (Lipinski definition) is 1. The Morgan fingerprint density at radius 1 is 1.26 bits per heavy atom. The van der Waals surface area contributed by atoms with Gasteiger partial charge in [-0.2, -0.15) is 0 Å². The first-order valence-electron chi connectivity index (χ1n) is 6.32. The Balaban J connectivity index is 3.25. The fourth-order valence-corrected chi connectivity index (χ4v) is 1.89. The Morgan fingerprint density at radius 2 is 1.84 bits per heavy atom. The van der Waals surface area contributed by atoms with Gasteiger partial charge in [-0.15, -0.1) is 0 Å². The maximum absolute atomic E-state index is 12.1. The molecule has 0 bridgehead atoms. The zero-order chi connectivity index (χ0) is 14.7. The predicted octanol–water partition coefficient (Wildman–Crippen LogP) is 2.49. The third-order valence-corrected chi connectivity index (χ3v) is 3.63. The van der Waals surface area contributed by atoms with Crippen molar-refractivity contribution in [3.05, 3.63) is 29.8 Å². The van der Waals surface area contributed by atoms with Crippen LogP contribution in [0.1, 0.15) is 33.3 Å². The van der Waals surface area contributed by atoms with E-state index < -0.39 is 17.0 Å². The van der Waals surface area contributed by atoms with Gasteiger partial charge in [0.05, 0.1) is 19.1 Å². The van der Waals surface area contributed by atoms with Crippen molar-refractivity contribution in [3.63, 3.8) is 0 Å². The molecule has 0 spiro atoms. The molecule has 1 aromatic carbocycles. The number of methoxy groups -OCH3 is 1. The summed E-state index contributed by atoms with van der Waals surface area (Å²) in [7, 11) is 1.53. The minimum absolute atomic E-state index is 0.282. The van der Waals surface area contributed by atoms with E-state index >= 15 is 0 Å². The van der Waals surface area contributed by atoms with Crippen molar-refractivity contribution in [3.8, 4) is 5.75 Å². The molecule has 0 saturated heterocycles. The Labute approximate surface area is 114 Å². The average molecular weight is 266 g/mol. The summed E-state index contributed by atoms with van der Waals surface area (Å²) >= 11 is 0. The zero-order valence-electron chi connectivity index (χ0n) is 12.2. The molecule has 1 unspecified atom stereocenters. The molecule has 0 saturated carbocycles. The summed E-state index contributed by atoms with van der Waals surface area (Å²) in [5.41, 5.74) is -1.92. The van der Waals surface area contributed by atoms with Crippen molar-refractivity contribution < 1.29 is 19.4 Å². The van der Waals surface area contributed by atoms with Crippen molar-refractivity contribution >= 4 is 5.97 Å². The number of para-hydroxylation sites is 1. The lowest BCUT2D eigenvalue weighted by molar-refractivity contribution is -0.170. The van der Waals surface area contributed by atoms with E-state index in [0.717, 1.165) is 0 Å². The summed E-state index contributed by atoms with van der Waals surface area (Å²) in [6.07, 6.45) is 0. The van der Waals surface area contributed by atoms with Gasteiger partial charge in [-0.25, -0.2) is 0 Å². The molecular weight excluding hydrogens is 244 g/mol. The summed E-state index contributed by atoms with van der Waals surface area (Å²) in [4.78, 5) is 12.1. The molecule has 19 heavy (non-hydrogen) atoms. The van der Waals surface area contributed by atoms with Crippen LogP contribution in [0.3, 0.4) is 0 Å². The molecule has 1 atom stereocenters. The van der Waals surface area contributed by atoms with Gasteiger partial charge in [-0.1, -0.05) is 18.2 Å². The number of esters is 1. The number of rotatable bonds is 5. The number of ether oxygens (including phenoxy) is 2. The summed E-state index contributed by atoms with van der Waals surface area (Å²) < 4.78 is 10.3. The number of carbonyl (C=O) groups is 1. The fraction of sp³-hybridized carbons (Fsp3) is 0.533. The van der Waals surface area contributed by atoms with E-state index in [1.54, 1.807) is 45.9 Å². The zero-order valence-corrected chi connectivity index (χ0v) is 12.2. The van der Waals surface area contributed by atoms with Gasteiger partial charge in [-0.3, -0.25) is 4.79 Å². The van der Waals surface area contributed by atoms with Gasteiger partial charge < -0.3 is 14.6 Å². The van der Waals surface area contributed by atoms with E-state index in [2.05, 4.69) is 0 Å². The lowest BCUT2D eigenvalue weighted by Crippen LogP contribution is -2.46. The van der Waals surface area contributed by atoms with Gasteiger partial charge in [0.15, 0.2) is 0 Å². The van der Waals surface area contributed by atoms with E-state index in [0.29, 0.717) is 11.3 Å². The summed E-state index contributed by atoms with van der Waals surface area (Å²) in [6, 6.07) is 7.12. The highest BCUT2D eigenvalue weighted by atomic mass is 16.5. The van der Waals surface area contributed by atoms with Crippen LogP contribution >= 0.6 is 0 Å². The standard InChI is InChI=1S/C15H22O4/c1-6-19-13(16)14(2,3)15(4,17)11-9-7-8-10-12(11)18-5/h7-10,17H,6H2,1-5H3. The topological polar surface area (TPSA) is 55.8 Å². The second-order valence-corrected chi connectivity index (χ2v) is 5.12. The molecule has 0 heterocycles. The molecule has 106 valence electrons. The maximum atomic E-state index is 12.1. The van der Waals surface area contributed by atoms with Gasteiger partial charge >= 0.3 is 5.97 Å². The number of carbonyl (C=O) groups excluding carboxylic acids is 1. The van der Waals surface area contributed by atoms with Crippen molar-refractivity contribution in [2.75, 3.05) is 13.7 Å². The molecule has 0 aromatic heterocycles. The molecule has 0 radical (unpaired) electrons. The lowest BCUT2D eigenvalue weighted by Gasteiger charge is -2.38. The van der Waals surface area contributed by atoms with E-state index in [1.807, 2.05) is 6.07 Å². The third kappa shape index (κ3) is 2.73. The predicted molar refractivity (Wildman–Crippen MR) is 73.0 cm³/mol. The number of hydrogen-bond acceptors (Lipinski definition) is 4. The highest BCUT2D eigenvalue weighted by Crippen LogP contribution is 2.43. The molecule has 1 rings (SSSR count). The third-order valence-electron chi connectivity index (χ3n) is 3.63. The summed E-state index contributed by atoms with van der Waals surface area (Å²) in [6.45, 7) is 6.95. The van der Waals surface area contributed by atoms with Crippen molar-refractivity contribution in [2.45, 2.75) is 33.3 Å². The molecule has 1 aromatic rings. The van der Waals surface area contributed by atoms with E-state index in [4.69, 9.17) is 9.47 Å². The smallest absolute Gasteiger partial charge is 0.314 e. The minimum Gasteiger partial charge on any atom is -0.496 e. The number of aliphatic hydroxyl groups is 1. The van der Waals surface area contributed by atoms with E-state index in [1.165, 1.54) is 7.11 Å². The first kappa shape index (κ1) is 15.5. The van der Waals surface area contributed by atoms with Crippen LogP contribution in [-0.2, 0) is 15.1 Å². The van der Waals surface area contributed by atoms with Crippen LogP contribution in [-0.4, -0.2) is 24.8 Å². The van der Waals surface area contributed by atoms with Crippen LogP contribution in [0.15, 0.2) is 24.3 Å². The summed E-state index contributed by atoms with van der Waals surface area (Å²) in [5, 5.41) is 10.8. The van der Waals surface area contributed by atoms with Crippen LogP contribution in [0.5, 0.6) is 5.75 Å². The van der Waals surface area contributed by atoms with Crippen LogP contribution in [0.4, 0.5) is 0 Å². The maximum Gasteiger partial charge on any atom is 0.314 e. The molecule has 0 amide bonds. The number of benzene rings is 1. The largest absolute Gasteiger partial charge is 0.496 e. The Bertz CT molecular complexity index is 449. The van der Waals surface area contributed by atoms with Crippen molar-refractivity contribution in [1.29, 1.82) is 0 Å². The molecular formula is C15H22O4. The van der Waals surface area contributed by atoms with Gasteiger partial charge in [-0.05, 0) is 33.8 Å². The van der Waals surface area contributed by atoms with Crippen LogP contribution in [0.2, 0.25) is 0 Å². The van der Waals surface area contributed by atoms with Crippen LogP contribution in [0.25, 0.3) is 0 Å². The molecule has 0 fully saturated rings. The van der Waals surface area contributed by atoms with E-state index in [-0.39, 0.29) is 6.61 Å². The Morgan fingerprint density at radius 3 is 2.37 bits per heavy atom. The molecule has 0 aliphatic heterocycles. The first-order chi connectivity index (χ1) is 8.79. The second-order valence-electron chi connectivity index (χ2n) is 5.12. The second kappa shape index (κ2) is 5.61. The molecule has 0 aliphatic carbocycles. The van der Waals surface area contributed by atoms with Gasteiger partial charge in [0.2, 0.25) is 0 Å². The van der Waals surface area contributed by atoms with Crippen LogP contribution < -0.4 is 4.74 Å². The Hall–Kier alpha value is -1.55. The average Bonchev–Trinajstić information content (AvgIpc) is 2.38. The highest BCUT2D eigenvalue weighted by Gasteiger charge is 2.49. The normalized spacial score (nSPS) is 14.6. The van der Waals surface area contributed by atoms with Gasteiger partial charge in [0.25, 0.3) is 0 Å². The quantitative estimate of drug-likeness (QED) is 0.832. The van der Waals surface area contributed by atoms with Crippen molar-refractivity contribution in [1.82, 2.24) is 0 Å². The molecule has 1 N–H and O–H groups in total. The highest BCUT2D eigenvalue weighted by molar-refractivity contribution is 5.78.